The summed E-state index contributed by atoms with van der Waals surface area (Å²) in [6.07, 6.45) is 6.82. The van der Waals surface area contributed by atoms with E-state index in [1.165, 1.54) is 19.3 Å². The molecule has 1 N–H and O–H groups in total. The Balaban J connectivity index is 2.21. The third kappa shape index (κ3) is 6.83. The maximum absolute atomic E-state index is 11.8. The first-order valence-electron chi connectivity index (χ1n) is 6.70. The summed E-state index contributed by atoms with van der Waals surface area (Å²) in [6, 6.07) is 8.83. The summed E-state index contributed by atoms with van der Waals surface area (Å²) in [4.78, 5) is 9.70. The molecule has 0 spiro atoms. The van der Waals surface area contributed by atoms with Gasteiger partial charge in [0, 0.05) is 0 Å². The molecular weight excluding hydrogens is 247 g/mol. The van der Waals surface area contributed by atoms with Crippen LogP contribution < -0.4 is 4.52 Å². The fraction of sp³-hybridized carbons (Fsp3) is 0.571. The van der Waals surface area contributed by atoms with Gasteiger partial charge in [0.2, 0.25) is 0 Å². The molecule has 4 heteroatoms. The first kappa shape index (κ1) is 15.3. The van der Waals surface area contributed by atoms with Gasteiger partial charge >= 0.3 is 7.60 Å². The Hall–Kier alpha value is -0.790. The van der Waals surface area contributed by atoms with Gasteiger partial charge in [0.05, 0.1) is 6.16 Å². The van der Waals surface area contributed by atoms with E-state index in [0.717, 1.165) is 19.3 Å². The smallest absolute Gasteiger partial charge is 0.376 e. The van der Waals surface area contributed by atoms with E-state index >= 15 is 0 Å². The summed E-state index contributed by atoms with van der Waals surface area (Å²) in [5.74, 6) is 0.467. The van der Waals surface area contributed by atoms with Crippen LogP contribution >= 0.6 is 7.60 Å². The molecule has 102 valence electrons. The highest BCUT2D eigenvalue weighted by Gasteiger charge is 2.19. The first-order chi connectivity index (χ1) is 8.64. The largest absolute Gasteiger partial charge is 0.424 e. The van der Waals surface area contributed by atoms with Crippen molar-refractivity contribution in [2.24, 2.45) is 0 Å². The molecule has 0 saturated carbocycles. The summed E-state index contributed by atoms with van der Waals surface area (Å²) in [5.41, 5.74) is 0. The van der Waals surface area contributed by atoms with Gasteiger partial charge in [0.1, 0.15) is 5.75 Å². The molecule has 0 aromatic heterocycles. The summed E-state index contributed by atoms with van der Waals surface area (Å²) >= 11 is 0. The van der Waals surface area contributed by atoms with Crippen LogP contribution in [0.4, 0.5) is 0 Å². The van der Waals surface area contributed by atoms with E-state index in [2.05, 4.69) is 6.92 Å². The normalized spacial score (nSPS) is 14.1. The number of unbranched alkanes of at least 4 members (excludes halogenated alkanes) is 5. The van der Waals surface area contributed by atoms with Crippen LogP contribution in [0.2, 0.25) is 0 Å². The van der Waals surface area contributed by atoms with Crippen molar-refractivity contribution in [1.82, 2.24) is 0 Å². The van der Waals surface area contributed by atoms with Crippen molar-refractivity contribution < 1.29 is 14.0 Å². The number of benzene rings is 1. The minimum atomic E-state index is -3.47. The third-order valence-corrected chi connectivity index (χ3v) is 4.16. The molecule has 0 fully saturated rings. The van der Waals surface area contributed by atoms with Gasteiger partial charge in [-0.05, 0) is 18.6 Å². The van der Waals surface area contributed by atoms with Gasteiger partial charge in [0.25, 0.3) is 0 Å². The standard InChI is InChI=1S/C14H23O3P/c1-2-3-4-5-6-10-13-18(15,16)17-14-11-8-7-9-12-14/h7-9,11-12H,2-6,10,13H2,1H3,(H,15,16). The van der Waals surface area contributed by atoms with Crippen LogP contribution in [-0.2, 0) is 4.57 Å². The zero-order valence-corrected chi connectivity index (χ0v) is 11.9. The van der Waals surface area contributed by atoms with Gasteiger partial charge in [-0.1, -0.05) is 57.2 Å². The van der Waals surface area contributed by atoms with E-state index in [4.69, 9.17) is 4.52 Å². The van der Waals surface area contributed by atoms with Crippen molar-refractivity contribution in [3.8, 4) is 5.75 Å². The van der Waals surface area contributed by atoms with Crippen LogP contribution in [0.25, 0.3) is 0 Å². The molecule has 18 heavy (non-hydrogen) atoms. The predicted molar refractivity (Wildman–Crippen MR) is 75.1 cm³/mol. The fourth-order valence-corrected chi connectivity index (χ4v) is 2.95. The Morgan fingerprint density at radius 3 is 2.33 bits per heavy atom. The molecule has 0 bridgehead atoms. The van der Waals surface area contributed by atoms with Crippen molar-refractivity contribution in [1.29, 1.82) is 0 Å². The minimum Gasteiger partial charge on any atom is -0.424 e. The average molecular weight is 270 g/mol. The first-order valence-corrected chi connectivity index (χ1v) is 8.47. The van der Waals surface area contributed by atoms with Crippen LogP contribution in [-0.4, -0.2) is 11.1 Å². The van der Waals surface area contributed by atoms with Crippen molar-refractivity contribution >= 4 is 7.60 Å². The fourth-order valence-electron chi connectivity index (χ4n) is 1.78. The van der Waals surface area contributed by atoms with E-state index in [1.807, 2.05) is 6.07 Å². The van der Waals surface area contributed by atoms with Crippen LogP contribution in [0.3, 0.4) is 0 Å². The van der Waals surface area contributed by atoms with Crippen LogP contribution in [0, 0.1) is 0 Å². The lowest BCUT2D eigenvalue weighted by molar-refractivity contribution is 0.377. The second-order valence-corrected chi connectivity index (χ2v) is 6.44. The highest BCUT2D eigenvalue weighted by molar-refractivity contribution is 7.53. The van der Waals surface area contributed by atoms with Crippen LogP contribution in [0.15, 0.2) is 30.3 Å². The van der Waals surface area contributed by atoms with Crippen LogP contribution in [0.1, 0.15) is 45.4 Å². The van der Waals surface area contributed by atoms with Crippen molar-refractivity contribution in [3.63, 3.8) is 0 Å². The predicted octanol–water partition coefficient (Wildman–Crippen LogP) is 4.61. The highest BCUT2D eigenvalue weighted by Crippen LogP contribution is 2.43. The number of para-hydroxylation sites is 1. The highest BCUT2D eigenvalue weighted by atomic mass is 31.2. The van der Waals surface area contributed by atoms with Gasteiger partial charge in [-0.25, -0.2) is 4.57 Å². The van der Waals surface area contributed by atoms with Gasteiger partial charge in [-0.3, -0.25) is 0 Å². The Morgan fingerprint density at radius 2 is 1.67 bits per heavy atom. The summed E-state index contributed by atoms with van der Waals surface area (Å²) < 4.78 is 16.9. The van der Waals surface area contributed by atoms with Gasteiger partial charge in [0.15, 0.2) is 0 Å². The second-order valence-electron chi connectivity index (χ2n) is 4.53. The second kappa shape index (κ2) is 8.34. The maximum Gasteiger partial charge on any atom is 0.376 e. The molecule has 0 radical (unpaired) electrons. The molecule has 1 rings (SSSR count). The third-order valence-electron chi connectivity index (χ3n) is 2.79. The zero-order chi connectivity index (χ0) is 13.3. The van der Waals surface area contributed by atoms with E-state index in [9.17, 15) is 9.46 Å². The molecule has 1 unspecified atom stereocenters. The zero-order valence-electron chi connectivity index (χ0n) is 11.0. The average Bonchev–Trinajstić information content (AvgIpc) is 2.34. The van der Waals surface area contributed by atoms with Crippen molar-refractivity contribution in [3.05, 3.63) is 30.3 Å². The molecule has 0 aliphatic rings. The van der Waals surface area contributed by atoms with Gasteiger partial charge in [-0.15, -0.1) is 0 Å². The van der Waals surface area contributed by atoms with Crippen molar-refractivity contribution in [2.45, 2.75) is 45.4 Å². The minimum absolute atomic E-state index is 0.244. The molecule has 0 aliphatic heterocycles. The van der Waals surface area contributed by atoms with E-state index in [1.54, 1.807) is 24.3 Å². The lowest BCUT2D eigenvalue weighted by atomic mass is 10.1. The van der Waals surface area contributed by atoms with E-state index < -0.39 is 7.60 Å². The lowest BCUT2D eigenvalue weighted by Gasteiger charge is -2.13. The maximum atomic E-state index is 11.8. The summed E-state index contributed by atoms with van der Waals surface area (Å²) in [5, 5.41) is 0. The Kier molecular flexibility index (Phi) is 7.07. The van der Waals surface area contributed by atoms with Gasteiger partial charge < -0.3 is 9.42 Å². The number of hydrogen-bond acceptors (Lipinski definition) is 2. The van der Waals surface area contributed by atoms with E-state index in [0.29, 0.717) is 5.75 Å². The molecule has 0 heterocycles. The topological polar surface area (TPSA) is 46.5 Å². The monoisotopic (exact) mass is 270 g/mol. The number of rotatable bonds is 9. The molecule has 3 nitrogen and oxygen atoms in total. The molecular formula is C14H23O3P. The van der Waals surface area contributed by atoms with Crippen molar-refractivity contribution in [2.75, 3.05) is 6.16 Å². The molecule has 0 amide bonds. The quantitative estimate of drug-likeness (QED) is 0.526. The van der Waals surface area contributed by atoms with Crippen LogP contribution in [0.5, 0.6) is 5.75 Å². The summed E-state index contributed by atoms with van der Waals surface area (Å²) in [7, 11) is -3.47. The summed E-state index contributed by atoms with van der Waals surface area (Å²) in [6.45, 7) is 2.18. The molecule has 1 aromatic rings. The van der Waals surface area contributed by atoms with Gasteiger partial charge in [-0.2, -0.15) is 0 Å². The molecule has 1 atom stereocenters. The molecule has 0 saturated heterocycles. The molecule has 1 aromatic carbocycles. The Morgan fingerprint density at radius 1 is 1.06 bits per heavy atom. The SMILES string of the molecule is CCCCCCCCP(=O)(O)Oc1ccccc1. The Bertz CT molecular complexity index is 365. The van der Waals surface area contributed by atoms with E-state index in [-0.39, 0.29) is 6.16 Å². The Labute approximate surface area is 110 Å². The molecule has 0 aliphatic carbocycles. The number of hydrogen-bond donors (Lipinski definition) is 1. The lowest BCUT2D eigenvalue weighted by Crippen LogP contribution is -1.97.